The molecule has 0 radical (unpaired) electrons. The first-order valence-corrected chi connectivity index (χ1v) is 6.07. The largest absolute Gasteiger partial charge is 0.416 e. The molecule has 0 aliphatic rings. The summed E-state index contributed by atoms with van der Waals surface area (Å²) in [5, 5.41) is 8.90. The molecule has 108 valence electrons. The molecule has 0 unspecified atom stereocenters. The first-order chi connectivity index (χ1) is 9.81. The minimum absolute atomic E-state index is 0.0446. The van der Waals surface area contributed by atoms with E-state index in [2.05, 4.69) is 4.98 Å². The smallest absolute Gasteiger partial charge is 0.378 e. The number of aromatic nitrogens is 1. The third-order valence-electron chi connectivity index (χ3n) is 2.95. The maximum Gasteiger partial charge on any atom is 0.416 e. The van der Waals surface area contributed by atoms with Crippen molar-refractivity contribution in [2.75, 3.05) is 19.0 Å². The molecular formula is C15H12F3N3. The lowest BCUT2D eigenvalue weighted by atomic mass is 10.0. The van der Waals surface area contributed by atoms with Crippen LogP contribution in [-0.4, -0.2) is 19.1 Å². The Balaban J connectivity index is 2.59. The van der Waals surface area contributed by atoms with Crippen LogP contribution in [0.4, 0.5) is 18.9 Å². The zero-order valence-corrected chi connectivity index (χ0v) is 11.4. The van der Waals surface area contributed by atoms with E-state index in [-0.39, 0.29) is 11.1 Å². The highest BCUT2D eigenvalue weighted by Gasteiger charge is 2.31. The highest BCUT2D eigenvalue weighted by Crippen LogP contribution is 2.33. The fraction of sp³-hybridized carbons (Fsp3) is 0.200. The van der Waals surface area contributed by atoms with Gasteiger partial charge in [0.2, 0.25) is 0 Å². The Hall–Kier alpha value is -2.55. The maximum absolute atomic E-state index is 12.9. The molecular weight excluding hydrogens is 279 g/mol. The number of anilines is 1. The van der Waals surface area contributed by atoms with Gasteiger partial charge in [-0.15, -0.1) is 0 Å². The van der Waals surface area contributed by atoms with Crippen molar-refractivity contribution < 1.29 is 13.2 Å². The Kier molecular flexibility index (Phi) is 3.85. The molecule has 0 bridgehead atoms. The van der Waals surface area contributed by atoms with Crippen LogP contribution in [0.3, 0.4) is 0 Å². The van der Waals surface area contributed by atoms with Crippen LogP contribution in [-0.2, 0) is 6.18 Å². The van der Waals surface area contributed by atoms with E-state index in [1.165, 1.54) is 12.3 Å². The minimum atomic E-state index is -4.50. The predicted octanol–water partition coefficient (Wildman–Crippen LogP) is 3.71. The van der Waals surface area contributed by atoms with Crippen LogP contribution in [0.2, 0.25) is 0 Å². The lowest BCUT2D eigenvalue weighted by Crippen LogP contribution is -2.09. The summed E-state index contributed by atoms with van der Waals surface area (Å²) in [6, 6.07) is 8.41. The fourth-order valence-electron chi connectivity index (χ4n) is 1.86. The van der Waals surface area contributed by atoms with Crippen molar-refractivity contribution in [2.45, 2.75) is 6.18 Å². The molecule has 2 rings (SSSR count). The van der Waals surface area contributed by atoms with Gasteiger partial charge in [0.25, 0.3) is 0 Å². The third kappa shape index (κ3) is 3.31. The summed E-state index contributed by atoms with van der Waals surface area (Å²) in [5.41, 5.74) is 0.579. The monoisotopic (exact) mass is 291 g/mol. The van der Waals surface area contributed by atoms with Crippen molar-refractivity contribution in [3.8, 4) is 17.3 Å². The van der Waals surface area contributed by atoms with Gasteiger partial charge in [0, 0.05) is 31.5 Å². The van der Waals surface area contributed by atoms with Crippen molar-refractivity contribution in [3.63, 3.8) is 0 Å². The Morgan fingerprint density at radius 3 is 2.43 bits per heavy atom. The number of hydrogen-bond donors (Lipinski definition) is 0. The summed E-state index contributed by atoms with van der Waals surface area (Å²) < 4.78 is 38.6. The molecule has 0 amide bonds. The first kappa shape index (κ1) is 14.9. The van der Waals surface area contributed by atoms with Crippen LogP contribution in [0.25, 0.3) is 11.3 Å². The Bertz CT molecular complexity index is 700. The van der Waals surface area contributed by atoms with Crippen LogP contribution in [0.15, 0.2) is 36.5 Å². The Morgan fingerprint density at radius 2 is 1.86 bits per heavy atom. The zero-order chi connectivity index (χ0) is 15.6. The molecule has 0 aliphatic heterocycles. The quantitative estimate of drug-likeness (QED) is 0.847. The average molecular weight is 291 g/mol. The molecule has 1 aromatic heterocycles. The van der Waals surface area contributed by atoms with Gasteiger partial charge in [0.05, 0.1) is 22.9 Å². The van der Waals surface area contributed by atoms with E-state index in [4.69, 9.17) is 5.26 Å². The highest BCUT2D eigenvalue weighted by atomic mass is 19.4. The van der Waals surface area contributed by atoms with Crippen molar-refractivity contribution in [3.05, 3.63) is 47.7 Å². The lowest BCUT2D eigenvalue weighted by Gasteiger charge is -2.14. The summed E-state index contributed by atoms with van der Waals surface area (Å²) in [5.74, 6) is 0. The van der Waals surface area contributed by atoms with Gasteiger partial charge in [-0.05, 0) is 30.3 Å². The van der Waals surface area contributed by atoms with E-state index in [0.717, 1.165) is 17.8 Å². The van der Waals surface area contributed by atoms with Crippen LogP contribution < -0.4 is 4.90 Å². The fourth-order valence-corrected chi connectivity index (χ4v) is 1.86. The minimum Gasteiger partial charge on any atom is -0.378 e. The number of alkyl halides is 3. The summed E-state index contributed by atoms with van der Waals surface area (Å²) in [6.45, 7) is 0. The highest BCUT2D eigenvalue weighted by molar-refractivity contribution is 5.67. The maximum atomic E-state index is 12.9. The van der Waals surface area contributed by atoms with E-state index in [0.29, 0.717) is 5.69 Å². The number of nitrogens with zero attached hydrogens (tertiary/aromatic N) is 3. The predicted molar refractivity (Wildman–Crippen MR) is 73.7 cm³/mol. The van der Waals surface area contributed by atoms with Gasteiger partial charge >= 0.3 is 6.18 Å². The average Bonchev–Trinajstić information content (AvgIpc) is 2.46. The standard InChI is InChI=1S/C15H12F3N3/c1-21(2)13-3-4-20-14(8-13)11-5-10(9-19)6-12(7-11)15(16,17)18/h3-8H,1-2H3. The second-order valence-corrected chi connectivity index (χ2v) is 4.70. The molecule has 1 heterocycles. The van der Waals surface area contributed by atoms with Crippen LogP contribution in [0.1, 0.15) is 11.1 Å². The third-order valence-corrected chi connectivity index (χ3v) is 2.95. The first-order valence-electron chi connectivity index (χ1n) is 6.07. The summed E-state index contributed by atoms with van der Waals surface area (Å²) in [7, 11) is 3.65. The van der Waals surface area contributed by atoms with Gasteiger partial charge in [-0.25, -0.2) is 0 Å². The molecule has 1 aromatic carbocycles. The van der Waals surface area contributed by atoms with E-state index < -0.39 is 11.7 Å². The molecule has 0 saturated heterocycles. The van der Waals surface area contributed by atoms with Gasteiger partial charge in [0.15, 0.2) is 0 Å². The molecule has 0 spiro atoms. The number of hydrogen-bond acceptors (Lipinski definition) is 3. The van der Waals surface area contributed by atoms with E-state index in [1.54, 1.807) is 18.2 Å². The SMILES string of the molecule is CN(C)c1ccnc(-c2cc(C#N)cc(C(F)(F)F)c2)c1. The number of pyridine rings is 1. The van der Waals surface area contributed by atoms with E-state index in [1.807, 2.05) is 19.0 Å². The van der Waals surface area contributed by atoms with E-state index >= 15 is 0 Å². The normalized spacial score (nSPS) is 11.0. The zero-order valence-electron chi connectivity index (χ0n) is 11.4. The number of nitriles is 1. The second kappa shape index (κ2) is 5.44. The summed E-state index contributed by atoms with van der Waals surface area (Å²) in [6.07, 6.45) is -2.97. The number of rotatable bonds is 2. The molecule has 6 heteroatoms. The Labute approximate surface area is 120 Å². The van der Waals surface area contributed by atoms with Gasteiger partial charge in [-0.3, -0.25) is 4.98 Å². The molecule has 0 atom stereocenters. The molecule has 0 N–H and O–H groups in total. The van der Waals surface area contributed by atoms with Crippen LogP contribution >= 0.6 is 0 Å². The van der Waals surface area contributed by atoms with Crippen LogP contribution in [0, 0.1) is 11.3 Å². The Morgan fingerprint density at radius 1 is 1.14 bits per heavy atom. The van der Waals surface area contributed by atoms with Crippen molar-refractivity contribution in [1.82, 2.24) is 4.98 Å². The van der Waals surface area contributed by atoms with Crippen LogP contribution in [0.5, 0.6) is 0 Å². The van der Waals surface area contributed by atoms with E-state index in [9.17, 15) is 13.2 Å². The van der Waals surface area contributed by atoms with Crippen molar-refractivity contribution in [1.29, 1.82) is 5.26 Å². The molecule has 0 saturated carbocycles. The summed E-state index contributed by atoms with van der Waals surface area (Å²) >= 11 is 0. The van der Waals surface area contributed by atoms with Crippen molar-refractivity contribution in [2.24, 2.45) is 0 Å². The molecule has 0 aliphatic carbocycles. The van der Waals surface area contributed by atoms with Gasteiger partial charge < -0.3 is 4.90 Å². The molecule has 2 aromatic rings. The van der Waals surface area contributed by atoms with Gasteiger partial charge in [0.1, 0.15) is 0 Å². The van der Waals surface area contributed by atoms with Gasteiger partial charge in [-0.1, -0.05) is 0 Å². The number of halogens is 3. The van der Waals surface area contributed by atoms with Crippen molar-refractivity contribution >= 4 is 5.69 Å². The molecule has 0 fully saturated rings. The van der Waals surface area contributed by atoms with Gasteiger partial charge in [-0.2, -0.15) is 18.4 Å². The number of benzene rings is 1. The second-order valence-electron chi connectivity index (χ2n) is 4.70. The lowest BCUT2D eigenvalue weighted by molar-refractivity contribution is -0.137. The molecule has 3 nitrogen and oxygen atoms in total. The molecule has 21 heavy (non-hydrogen) atoms. The summed E-state index contributed by atoms with van der Waals surface area (Å²) in [4.78, 5) is 5.91. The topological polar surface area (TPSA) is 39.9 Å².